The molecule has 1 aromatic rings. The number of benzene rings is 1. The molecule has 0 saturated carbocycles. The topological polar surface area (TPSA) is 92.5 Å². The molecule has 2 rings (SSSR count). The number of piperidine rings is 1. The van der Waals surface area contributed by atoms with Gasteiger partial charge in [0.25, 0.3) is 0 Å². The first kappa shape index (κ1) is 18.8. The van der Waals surface area contributed by atoms with Crippen LogP contribution in [0, 0.1) is 5.82 Å². The Hall–Kier alpha value is -1.51. The van der Waals surface area contributed by atoms with Crippen molar-refractivity contribution in [2.45, 2.75) is 37.5 Å². The molecule has 24 heavy (non-hydrogen) atoms. The van der Waals surface area contributed by atoms with Gasteiger partial charge < -0.3 is 11.1 Å². The molecule has 134 valence electrons. The number of hydrogen-bond donors (Lipinski definition) is 2. The molecule has 0 aliphatic carbocycles. The molecule has 1 atom stereocenters. The molecule has 6 nitrogen and oxygen atoms in total. The lowest BCUT2D eigenvalue weighted by Crippen LogP contribution is -2.49. The van der Waals surface area contributed by atoms with Crippen LogP contribution in [0.25, 0.3) is 0 Å². The molecule has 1 fully saturated rings. The third-order valence-corrected chi connectivity index (χ3v) is 5.99. The number of nitrogens with two attached hydrogens (primary N) is 1. The summed E-state index contributed by atoms with van der Waals surface area (Å²) in [6, 6.07) is 5.23. The van der Waals surface area contributed by atoms with Gasteiger partial charge in [-0.3, -0.25) is 4.79 Å². The van der Waals surface area contributed by atoms with Crippen molar-refractivity contribution in [2.24, 2.45) is 5.73 Å². The lowest BCUT2D eigenvalue weighted by Gasteiger charge is -2.34. The molecular formula is C16H24FN3O3S. The van der Waals surface area contributed by atoms with Crippen LogP contribution in [0.5, 0.6) is 0 Å². The number of hydrogen-bond acceptors (Lipinski definition) is 4. The first-order chi connectivity index (χ1) is 11.4. The van der Waals surface area contributed by atoms with Gasteiger partial charge in [0, 0.05) is 32.1 Å². The standard InChI is InChI=1S/C16H24FN3O3S/c17-14-6-4-13(5-7-14)12-24(22,23)20-10-2-1-3-15(20)11-19-16(21)8-9-18/h4-7,15H,1-3,8-12,18H2,(H,19,21). The van der Waals surface area contributed by atoms with E-state index in [2.05, 4.69) is 5.32 Å². The molecule has 3 N–H and O–H groups in total. The number of halogens is 1. The zero-order valence-electron chi connectivity index (χ0n) is 13.6. The minimum absolute atomic E-state index is 0.166. The molecule has 0 radical (unpaired) electrons. The van der Waals surface area contributed by atoms with Crippen LogP contribution in [0.3, 0.4) is 0 Å². The average Bonchev–Trinajstić information content (AvgIpc) is 2.55. The minimum atomic E-state index is -3.52. The maximum Gasteiger partial charge on any atom is 0.221 e. The van der Waals surface area contributed by atoms with Gasteiger partial charge in [-0.25, -0.2) is 12.8 Å². The van der Waals surface area contributed by atoms with Crippen LogP contribution >= 0.6 is 0 Å². The summed E-state index contributed by atoms with van der Waals surface area (Å²) < 4.78 is 39.9. The van der Waals surface area contributed by atoms with Crippen molar-refractivity contribution in [3.8, 4) is 0 Å². The average molecular weight is 357 g/mol. The first-order valence-electron chi connectivity index (χ1n) is 8.13. The van der Waals surface area contributed by atoms with E-state index in [-0.39, 0.29) is 30.7 Å². The van der Waals surface area contributed by atoms with Gasteiger partial charge in [0.05, 0.1) is 5.75 Å². The van der Waals surface area contributed by atoms with Crippen molar-refractivity contribution in [1.29, 1.82) is 0 Å². The number of carbonyl (C=O) groups excluding carboxylic acids is 1. The quantitative estimate of drug-likeness (QED) is 0.761. The zero-order valence-corrected chi connectivity index (χ0v) is 14.4. The maximum atomic E-state index is 13.0. The van der Waals surface area contributed by atoms with Gasteiger partial charge in [-0.05, 0) is 30.5 Å². The predicted octanol–water partition coefficient (Wildman–Crippen LogP) is 0.975. The van der Waals surface area contributed by atoms with Gasteiger partial charge in [0.15, 0.2) is 0 Å². The van der Waals surface area contributed by atoms with E-state index in [0.29, 0.717) is 25.1 Å². The van der Waals surface area contributed by atoms with E-state index in [9.17, 15) is 17.6 Å². The monoisotopic (exact) mass is 357 g/mol. The summed E-state index contributed by atoms with van der Waals surface area (Å²) in [5.74, 6) is -0.728. The van der Waals surface area contributed by atoms with Crippen LogP contribution in [-0.4, -0.2) is 44.3 Å². The molecule has 1 unspecified atom stereocenters. The third-order valence-electron chi connectivity index (χ3n) is 4.10. The summed E-state index contributed by atoms with van der Waals surface area (Å²) in [4.78, 5) is 11.6. The van der Waals surface area contributed by atoms with Crippen molar-refractivity contribution in [3.63, 3.8) is 0 Å². The predicted molar refractivity (Wildman–Crippen MR) is 90.0 cm³/mol. The second-order valence-electron chi connectivity index (χ2n) is 5.99. The Labute approximate surface area is 142 Å². The number of nitrogens with one attached hydrogen (secondary N) is 1. The van der Waals surface area contributed by atoms with Gasteiger partial charge in [0.2, 0.25) is 15.9 Å². The van der Waals surface area contributed by atoms with E-state index in [1.807, 2.05) is 0 Å². The van der Waals surface area contributed by atoms with Crippen LogP contribution in [0.15, 0.2) is 24.3 Å². The molecule has 1 amide bonds. The molecule has 0 bridgehead atoms. The Bertz CT molecular complexity index is 649. The summed E-state index contributed by atoms with van der Waals surface area (Å²) in [5.41, 5.74) is 5.89. The summed E-state index contributed by atoms with van der Waals surface area (Å²) in [6.45, 7) is 1.01. The van der Waals surface area contributed by atoms with Gasteiger partial charge in [0.1, 0.15) is 5.82 Å². The fraction of sp³-hybridized carbons (Fsp3) is 0.562. The van der Waals surface area contributed by atoms with Gasteiger partial charge >= 0.3 is 0 Å². The summed E-state index contributed by atoms with van der Waals surface area (Å²) in [5, 5.41) is 2.75. The van der Waals surface area contributed by atoms with E-state index >= 15 is 0 Å². The lowest BCUT2D eigenvalue weighted by atomic mass is 10.1. The first-order valence-corrected chi connectivity index (χ1v) is 9.74. The highest BCUT2D eigenvalue weighted by Gasteiger charge is 2.32. The molecule has 0 spiro atoms. The molecule has 1 aliphatic heterocycles. The van der Waals surface area contributed by atoms with Crippen molar-refractivity contribution < 1.29 is 17.6 Å². The molecule has 1 heterocycles. The minimum Gasteiger partial charge on any atom is -0.354 e. The summed E-state index contributed by atoms with van der Waals surface area (Å²) in [7, 11) is -3.52. The number of rotatable bonds is 7. The molecule has 1 saturated heterocycles. The highest BCUT2D eigenvalue weighted by molar-refractivity contribution is 7.88. The number of sulfonamides is 1. The molecule has 1 aromatic carbocycles. The van der Waals surface area contributed by atoms with Crippen LogP contribution in [-0.2, 0) is 20.6 Å². The highest BCUT2D eigenvalue weighted by Crippen LogP contribution is 2.22. The largest absolute Gasteiger partial charge is 0.354 e. The molecule has 8 heteroatoms. The van der Waals surface area contributed by atoms with E-state index in [1.165, 1.54) is 28.6 Å². The van der Waals surface area contributed by atoms with E-state index in [1.54, 1.807) is 0 Å². The van der Waals surface area contributed by atoms with Crippen molar-refractivity contribution in [2.75, 3.05) is 19.6 Å². The summed E-state index contributed by atoms with van der Waals surface area (Å²) in [6.07, 6.45) is 2.68. The third kappa shape index (κ3) is 5.25. The van der Waals surface area contributed by atoms with Crippen LogP contribution in [0.4, 0.5) is 4.39 Å². The lowest BCUT2D eigenvalue weighted by molar-refractivity contribution is -0.121. The summed E-state index contributed by atoms with van der Waals surface area (Å²) >= 11 is 0. The van der Waals surface area contributed by atoms with Gasteiger partial charge in [-0.2, -0.15) is 4.31 Å². The van der Waals surface area contributed by atoms with Gasteiger partial charge in [-0.1, -0.05) is 18.6 Å². The number of amides is 1. The zero-order chi connectivity index (χ0) is 17.6. The Morgan fingerprint density at radius 3 is 2.67 bits per heavy atom. The van der Waals surface area contributed by atoms with E-state index in [0.717, 1.165) is 12.8 Å². The Morgan fingerprint density at radius 1 is 1.29 bits per heavy atom. The smallest absolute Gasteiger partial charge is 0.221 e. The Kier molecular flexibility index (Phi) is 6.70. The molecule has 1 aliphatic rings. The van der Waals surface area contributed by atoms with Crippen molar-refractivity contribution >= 4 is 15.9 Å². The highest BCUT2D eigenvalue weighted by atomic mass is 32.2. The maximum absolute atomic E-state index is 13.0. The van der Waals surface area contributed by atoms with E-state index in [4.69, 9.17) is 5.73 Å². The van der Waals surface area contributed by atoms with Crippen molar-refractivity contribution in [3.05, 3.63) is 35.6 Å². The second kappa shape index (κ2) is 8.55. The van der Waals surface area contributed by atoms with Crippen molar-refractivity contribution in [1.82, 2.24) is 9.62 Å². The molecular weight excluding hydrogens is 333 g/mol. The molecule has 0 aromatic heterocycles. The Morgan fingerprint density at radius 2 is 2.00 bits per heavy atom. The van der Waals surface area contributed by atoms with Crippen LogP contribution in [0.2, 0.25) is 0 Å². The fourth-order valence-electron chi connectivity index (χ4n) is 2.87. The Balaban J connectivity index is 2.04. The SMILES string of the molecule is NCCC(=O)NCC1CCCCN1S(=O)(=O)Cc1ccc(F)cc1. The van der Waals surface area contributed by atoms with Crippen LogP contribution in [0.1, 0.15) is 31.2 Å². The van der Waals surface area contributed by atoms with Crippen LogP contribution < -0.4 is 11.1 Å². The normalized spacial score (nSPS) is 19.2. The van der Waals surface area contributed by atoms with Gasteiger partial charge in [-0.15, -0.1) is 0 Å². The van der Waals surface area contributed by atoms with E-state index < -0.39 is 15.8 Å². The number of carbonyl (C=O) groups is 1. The number of nitrogens with zero attached hydrogens (tertiary/aromatic N) is 1. The second-order valence-corrected chi connectivity index (χ2v) is 7.91. The fourth-order valence-corrected chi connectivity index (χ4v) is 4.69.